The van der Waals surface area contributed by atoms with Gasteiger partial charge in [0, 0.05) is 10.9 Å². The lowest BCUT2D eigenvalue weighted by Gasteiger charge is -2.04. The van der Waals surface area contributed by atoms with Gasteiger partial charge in [-0.25, -0.2) is 4.98 Å². The number of fused-ring (bicyclic) bond motifs is 1. The number of nitrogens with zero attached hydrogens (tertiary/aromatic N) is 2. The summed E-state index contributed by atoms with van der Waals surface area (Å²) < 4.78 is 12.0. The predicted molar refractivity (Wildman–Crippen MR) is 89.8 cm³/mol. The summed E-state index contributed by atoms with van der Waals surface area (Å²) in [6.45, 7) is 2.93. The lowest BCUT2D eigenvalue weighted by Crippen LogP contribution is -1.95. The molecule has 0 N–H and O–H groups in total. The van der Waals surface area contributed by atoms with E-state index in [2.05, 4.69) is 35.1 Å². The highest BCUT2D eigenvalue weighted by molar-refractivity contribution is 7.22. The fourth-order valence-electron chi connectivity index (χ4n) is 2.14. The maximum absolute atomic E-state index is 5.77. The van der Waals surface area contributed by atoms with Crippen LogP contribution in [0.15, 0.2) is 36.5 Å². The highest BCUT2D eigenvalue weighted by Crippen LogP contribution is 2.34. The van der Waals surface area contributed by atoms with Gasteiger partial charge in [0.25, 0.3) is 0 Å². The third-order valence-electron chi connectivity index (χ3n) is 3.33. The van der Waals surface area contributed by atoms with E-state index in [0.29, 0.717) is 6.01 Å². The molecule has 0 saturated carbocycles. The second-order valence-corrected chi connectivity index (χ2v) is 6.02. The lowest BCUT2D eigenvalue weighted by atomic mass is 10.2. The van der Waals surface area contributed by atoms with Crippen molar-refractivity contribution in [3.8, 4) is 22.3 Å². The Balaban J connectivity index is 1.88. The van der Waals surface area contributed by atoms with Gasteiger partial charge in [-0.05, 0) is 42.1 Å². The van der Waals surface area contributed by atoms with Crippen LogP contribution in [0.25, 0.3) is 20.7 Å². The first-order valence-corrected chi connectivity index (χ1v) is 8.15. The second-order valence-electron chi connectivity index (χ2n) is 4.94. The summed E-state index contributed by atoms with van der Waals surface area (Å²) >= 11 is 1.70. The fraction of sp³-hybridized carbons (Fsp3) is 0.294. The molecule has 0 bridgehead atoms. The van der Waals surface area contributed by atoms with Crippen molar-refractivity contribution in [1.29, 1.82) is 0 Å². The van der Waals surface area contributed by atoms with Gasteiger partial charge in [-0.1, -0.05) is 13.3 Å². The summed E-state index contributed by atoms with van der Waals surface area (Å²) in [6, 6.07) is 10.6. The van der Waals surface area contributed by atoms with E-state index in [4.69, 9.17) is 9.47 Å². The molecule has 0 aliphatic rings. The minimum absolute atomic E-state index is 0.388. The van der Waals surface area contributed by atoms with Crippen LogP contribution in [-0.2, 0) is 0 Å². The van der Waals surface area contributed by atoms with Crippen LogP contribution in [0.4, 0.5) is 0 Å². The normalized spacial score (nSPS) is 10.8. The van der Waals surface area contributed by atoms with E-state index in [1.54, 1.807) is 24.6 Å². The lowest BCUT2D eigenvalue weighted by molar-refractivity contribution is 0.310. The minimum atomic E-state index is 0.388. The zero-order chi connectivity index (χ0) is 15.4. The molecule has 0 saturated heterocycles. The van der Waals surface area contributed by atoms with E-state index in [9.17, 15) is 0 Å². The van der Waals surface area contributed by atoms with Gasteiger partial charge >= 0.3 is 6.01 Å². The van der Waals surface area contributed by atoms with Crippen LogP contribution in [0, 0.1) is 0 Å². The number of benzene rings is 1. The Kier molecular flexibility index (Phi) is 4.53. The number of hydrogen-bond acceptors (Lipinski definition) is 5. The Morgan fingerprint density at radius 3 is 2.91 bits per heavy atom. The maximum atomic E-state index is 5.77. The van der Waals surface area contributed by atoms with Crippen LogP contribution in [0.1, 0.15) is 19.8 Å². The smallest absolute Gasteiger partial charge is 0.316 e. The van der Waals surface area contributed by atoms with Crippen molar-refractivity contribution in [3.63, 3.8) is 0 Å². The van der Waals surface area contributed by atoms with Gasteiger partial charge in [0.1, 0.15) is 5.75 Å². The second kappa shape index (κ2) is 6.75. The zero-order valence-electron chi connectivity index (χ0n) is 12.7. The van der Waals surface area contributed by atoms with Gasteiger partial charge in [-0.3, -0.25) is 0 Å². The van der Waals surface area contributed by atoms with Crippen LogP contribution in [0.5, 0.6) is 11.8 Å². The van der Waals surface area contributed by atoms with Crippen molar-refractivity contribution in [2.75, 3.05) is 13.7 Å². The van der Waals surface area contributed by atoms with Crippen LogP contribution in [0.2, 0.25) is 0 Å². The summed E-state index contributed by atoms with van der Waals surface area (Å²) in [6.07, 6.45) is 3.93. The molecule has 2 heterocycles. The molecule has 0 atom stereocenters. The molecule has 114 valence electrons. The molecule has 1 aromatic carbocycles. The molecule has 22 heavy (non-hydrogen) atoms. The Bertz CT molecular complexity index is 770. The Labute approximate surface area is 133 Å². The summed E-state index contributed by atoms with van der Waals surface area (Å²) in [5, 5.41) is 1.19. The first-order chi connectivity index (χ1) is 10.8. The van der Waals surface area contributed by atoms with E-state index in [1.165, 1.54) is 10.1 Å². The van der Waals surface area contributed by atoms with Gasteiger partial charge in [-0.15, -0.1) is 11.3 Å². The molecule has 3 rings (SSSR count). The van der Waals surface area contributed by atoms with Crippen LogP contribution in [-0.4, -0.2) is 23.7 Å². The average molecular weight is 314 g/mol. The Morgan fingerprint density at radius 1 is 1.18 bits per heavy atom. The summed E-state index contributed by atoms with van der Waals surface area (Å²) in [5.41, 5.74) is 0.876. The van der Waals surface area contributed by atoms with Gasteiger partial charge in [-0.2, -0.15) is 4.98 Å². The molecular formula is C17H18N2O2S. The summed E-state index contributed by atoms with van der Waals surface area (Å²) in [4.78, 5) is 9.53. The fourth-order valence-corrected chi connectivity index (χ4v) is 3.20. The highest BCUT2D eigenvalue weighted by Gasteiger charge is 2.08. The minimum Gasteiger partial charge on any atom is -0.494 e. The van der Waals surface area contributed by atoms with Gasteiger partial charge in [0.2, 0.25) is 0 Å². The topological polar surface area (TPSA) is 44.2 Å². The third kappa shape index (κ3) is 3.20. The van der Waals surface area contributed by atoms with Crippen molar-refractivity contribution < 1.29 is 9.47 Å². The molecule has 2 aromatic heterocycles. The molecule has 0 fully saturated rings. The number of hydrogen-bond donors (Lipinski definition) is 0. The van der Waals surface area contributed by atoms with Crippen LogP contribution < -0.4 is 9.47 Å². The van der Waals surface area contributed by atoms with E-state index in [-0.39, 0.29) is 0 Å². The molecule has 0 radical (unpaired) electrons. The molecule has 0 aliphatic carbocycles. The number of thiophene rings is 1. The van der Waals surface area contributed by atoms with Crippen molar-refractivity contribution in [3.05, 3.63) is 36.5 Å². The maximum Gasteiger partial charge on any atom is 0.316 e. The van der Waals surface area contributed by atoms with Crippen molar-refractivity contribution in [2.45, 2.75) is 19.8 Å². The molecule has 0 spiro atoms. The highest BCUT2D eigenvalue weighted by atomic mass is 32.1. The number of methoxy groups -OCH3 is 1. The standard InChI is InChI=1S/C17H18N2O2S/c1-3-4-9-21-13-6-5-12-10-16(22-15(12)11-13)14-7-8-18-17(19-14)20-2/h5-8,10-11H,3-4,9H2,1-2H3. The molecule has 4 nitrogen and oxygen atoms in total. The number of rotatable bonds is 6. The first-order valence-electron chi connectivity index (χ1n) is 7.34. The van der Waals surface area contributed by atoms with E-state index < -0.39 is 0 Å². The molecule has 3 aromatic rings. The number of ether oxygens (including phenoxy) is 2. The van der Waals surface area contributed by atoms with Gasteiger partial charge in [0.05, 0.1) is 24.3 Å². The predicted octanol–water partition coefficient (Wildman–Crippen LogP) is 4.55. The molecular weight excluding hydrogens is 296 g/mol. The SMILES string of the molecule is CCCCOc1ccc2cc(-c3ccnc(OC)n3)sc2c1. The van der Waals surface area contributed by atoms with Crippen molar-refractivity contribution in [2.24, 2.45) is 0 Å². The number of unbranched alkanes of at least 4 members (excludes halogenated alkanes) is 1. The Morgan fingerprint density at radius 2 is 2.09 bits per heavy atom. The van der Waals surface area contributed by atoms with Crippen molar-refractivity contribution >= 4 is 21.4 Å². The first kappa shape index (κ1) is 14.8. The zero-order valence-corrected chi connectivity index (χ0v) is 13.5. The average Bonchev–Trinajstić information content (AvgIpc) is 2.98. The number of aromatic nitrogens is 2. The van der Waals surface area contributed by atoms with E-state index >= 15 is 0 Å². The molecule has 0 aliphatic heterocycles. The quantitative estimate of drug-likeness (QED) is 0.626. The third-order valence-corrected chi connectivity index (χ3v) is 4.45. The Hall–Kier alpha value is -2.14. The summed E-state index contributed by atoms with van der Waals surface area (Å²) in [5.74, 6) is 0.926. The summed E-state index contributed by atoms with van der Waals surface area (Å²) in [7, 11) is 1.57. The van der Waals surface area contributed by atoms with E-state index in [0.717, 1.165) is 35.8 Å². The van der Waals surface area contributed by atoms with Crippen LogP contribution >= 0.6 is 11.3 Å². The monoisotopic (exact) mass is 314 g/mol. The van der Waals surface area contributed by atoms with Gasteiger partial charge in [0.15, 0.2) is 0 Å². The molecule has 0 unspecified atom stereocenters. The van der Waals surface area contributed by atoms with E-state index in [1.807, 2.05) is 12.1 Å². The van der Waals surface area contributed by atoms with Crippen LogP contribution in [0.3, 0.4) is 0 Å². The van der Waals surface area contributed by atoms with Crippen molar-refractivity contribution in [1.82, 2.24) is 9.97 Å². The molecule has 0 amide bonds. The largest absolute Gasteiger partial charge is 0.494 e. The molecule has 5 heteroatoms. The van der Waals surface area contributed by atoms with Gasteiger partial charge < -0.3 is 9.47 Å².